The van der Waals surface area contributed by atoms with E-state index in [1.165, 1.54) is 0 Å². The van der Waals surface area contributed by atoms with Gasteiger partial charge in [-0.2, -0.15) is 0 Å². The summed E-state index contributed by atoms with van der Waals surface area (Å²) >= 11 is 11.7. The third-order valence-corrected chi connectivity index (χ3v) is 4.05. The monoisotopic (exact) mass is 314 g/mol. The van der Waals surface area contributed by atoms with Gasteiger partial charge in [0.2, 0.25) is 11.8 Å². The first-order valence-corrected chi connectivity index (χ1v) is 7.03. The van der Waals surface area contributed by atoms with Gasteiger partial charge in [-0.25, -0.2) is 0 Å². The van der Waals surface area contributed by atoms with Crippen LogP contribution >= 0.6 is 23.2 Å². The highest BCUT2D eigenvalue weighted by Gasteiger charge is 2.56. The summed E-state index contributed by atoms with van der Waals surface area (Å²) in [5, 5.41) is 2.76. The molecule has 6 heteroatoms. The number of carbonyl (C=O) groups excluding carboxylic acids is 2. The average molecular weight is 315 g/mol. The minimum atomic E-state index is -0.915. The molecule has 2 amide bonds. The minimum Gasteiger partial charge on any atom is -0.349 e. The number of nitrogens with one attached hydrogen (secondary N) is 1. The molecule has 108 valence electrons. The fourth-order valence-electron chi connectivity index (χ4n) is 1.77. The van der Waals surface area contributed by atoms with Crippen LogP contribution in [0.3, 0.4) is 0 Å². The molecular formula is C14H16Cl2N2O2. The molecule has 20 heavy (non-hydrogen) atoms. The van der Waals surface area contributed by atoms with Crippen LogP contribution in [0.1, 0.15) is 12.0 Å². The lowest BCUT2D eigenvalue weighted by molar-refractivity contribution is -0.128. The van der Waals surface area contributed by atoms with Crippen LogP contribution in [0.25, 0.3) is 0 Å². The Morgan fingerprint density at radius 3 is 2.30 bits per heavy atom. The Bertz CT molecular complexity index is 526. The van der Waals surface area contributed by atoms with Crippen LogP contribution in [-0.2, 0) is 16.0 Å². The number of likely N-dealkylation sites (N-methyl/N-ethyl adjacent to an activating group) is 1. The first-order valence-electron chi connectivity index (χ1n) is 6.27. The van der Waals surface area contributed by atoms with Gasteiger partial charge in [0.25, 0.3) is 0 Å². The number of nitrogens with zero attached hydrogens (tertiary/aromatic N) is 1. The van der Waals surface area contributed by atoms with Crippen LogP contribution in [0.2, 0.25) is 0 Å². The number of halogens is 2. The molecule has 0 spiro atoms. The number of hydrogen-bond donors (Lipinski definition) is 1. The SMILES string of the molecule is CN(C)C(=O)Cc1ccc(NC(=O)C2CC2(Cl)Cl)cc1. The van der Waals surface area contributed by atoms with Crippen molar-refractivity contribution in [3.8, 4) is 0 Å². The van der Waals surface area contributed by atoms with Gasteiger partial charge in [-0.05, 0) is 24.1 Å². The smallest absolute Gasteiger partial charge is 0.230 e. The Morgan fingerprint density at radius 1 is 1.30 bits per heavy atom. The van der Waals surface area contributed by atoms with Crippen molar-refractivity contribution >= 4 is 40.7 Å². The predicted molar refractivity (Wildman–Crippen MR) is 80.0 cm³/mol. The second kappa shape index (κ2) is 5.62. The van der Waals surface area contributed by atoms with E-state index in [1.807, 2.05) is 12.1 Å². The van der Waals surface area contributed by atoms with Gasteiger partial charge < -0.3 is 10.2 Å². The van der Waals surface area contributed by atoms with Crippen molar-refractivity contribution < 1.29 is 9.59 Å². The maximum Gasteiger partial charge on any atom is 0.230 e. The van der Waals surface area contributed by atoms with Gasteiger partial charge in [0.05, 0.1) is 12.3 Å². The number of amides is 2. The Hall–Kier alpha value is -1.26. The Balaban J connectivity index is 1.92. The summed E-state index contributed by atoms with van der Waals surface area (Å²) < 4.78 is -0.915. The molecule has 1 unspecified atom stereocenters. The zero-order valence-corrected chi connectivity index (χ0v) is 12.8. The molecule has 1 saturated carbocycles. The molecule has 1 atom stereocenters. The largest absolute Gasteiger partial charge is 0.349 e. The van der Waals surface area contributed by atoms with Crippen molar-refractivity contribution in [1.29, 1.82) is 0 Å². The molecule has 1 N–H and O–H groups in total. The maximum absolute atomic E-state index is 11.8. The van der Waals surface area contributed by atoms with Crippen molar-refractivity contribution in [2.24, 2.45) is 5.92 Å². The Kier molecular flexibility index (Phi) is 4.25. The molecule has 1 fully saturated rings. The molecule has 1 aromatic carbocycles. The second-order valence-corrected chi connectivity index (χ2v) is 6.71. The third kappa shape index (κ3) is 3.64. The number of carbonyl (C=O) groups is 2. The summed E-state index contributed by atoms with van der Waals surface area (Å²) in [6, 6.07) is 7.17. The topological polar surface area (TPSA) is 49.4 Å². The zero-order valence-electron chi connectivity index (χ0n) is 11.3. The van der Waals surface area contributed by atoms with Crippen LogP contribution in [0.15, 0.2) is 24.3 Å². The van der Waals surface area contributed by atoms with Gasteiger partial charge in [-0.15, -0.1) is 23.2 Å². The third-order valence-electron chi connectivity index (χ3n) is 3.22. The molecule has 0 bridgehead atoms. The minimum absolute atomic E-state index is 0.0360. The summed E-state index contributed by atoms with van der Waals surface area (Å²) in [7, 11) is 3.44. The van der Waals surface area contributed by atoms with E-state index in [9.17, 15) is 9.59 Å². The number of benzene rings is 1. The summed E-state index contributed by atoms with van der Waals surface area (Å²) in [4.78, 5) is 24.9. The Morgan fingerprint density at radius 2 is 1.85 bits per heavy atom. The fraction of sp³-hybridized carbons (Fsp3) is 0.429. The molecule has 4 nitrogen and oxygen atoms in total. The molecular weight excluding hydrogens is 299 g/mol. The first kappa shape index (κ1) is 15.1. The van der Waals surface area contributed by atoms with Gasteiger partial charge in [-0.1, -0.05) is 12.1 Å². The van der Waals surface area contributed by atoms with E-state index in [2.05, 4.69) is 5.32 Å². The van der Waals surface area contributed by atoms with Crippen LogP contribution in [0, 0.1) is 5.92 Å². The van der Waals surface area contributed by atoms with Crippen molar-refractivity contribution in [1.82, 2.24) is 4.90 Å². The lowest BCUT2D eigenvalue weighted by Gasteiger charge is -2.10. The van der Waals surface area contributed by atoms with Crippen LogP contribution in [0.4, 0.5) is 5.69 Å². The molecule has 1 aliphatic carbocycles. The first-order chi connectivity index (χ1) is 9.29. The van der Waals surface area contributed by atoms with E-state index >= 15 is 0 Å². The molecule has 0 radical (unpaired) electrons. The summed E-state index contributed by atoms with van der Waals surface area (Å²) in [6.45, 7) is 0. The molecule has 0 saturated heterocycles. The van der Waals surface area contributed by atoms with E-state index in [4.69, 9.17) is 23.2 Å². The standard InChI is InChI=1S/C14H16Cl2N2O2/c1-18(2)12(19)7-9-3-5-10(6-4-9)17-13(20)11-8-14(11,15)16/h3-6,11H,7-8H2,1-2H3,(H,17,20). The van der Waals surface area contributed by atoms with Gasteiger partial charge in [0, 0.05) is 19.8 Å². The zero-order chi connectivity index (χ0) is 14.9. The van der Waals surface area contributed by atoms with E-state index in [-0.39, 0.29) is 17.7 Å². The molecule has 0 aromatic heterocycles. The molecule has 1 aliphatic rings. The summed E-state index contributed by atoms with van der Waals surface area (Å²) in [5.74, 6) is -0.484. The van der Waals surface area contributed by atoms with Crippen molar-refractivity contribution in [2.45, 2.75) is 17.2 Å². The molecule has 0 aliphatic heterocycles. The van der Waals surface area contributed by atoms with Gasteiger partial charge >= 0.3 is 0 Å². The van der Waals surface area contributed by atoms with Crippen molar-refractivity contribution in [3.63, 3.8) is 0 Å². The lowest BCUT2D eigenvalue weighted by Crippen LogP contribution is -2.23. The molecule has 1 aromatic rings. The number of rotatable bonds is 4. The lowest BCUT2D eigenvalue weighted by atomic mass is 10.1. The number of anilines is 1. The van der Waals surface area contributed by atoms with Crippen molar-refractivity contribution in [3.05, 3.63) is 29.8 Å². The molecule has 0 heterocycles. The highest BCUT2D eigenvalue weighted by Crippen LogP contribution is 2.53. The van der Waals surface area contributed by atoms with E-state index < -0.39 is 4.33 Å². The fourth-order valence-corrected chi connectivity index (χ4v) is 2.27. The van der Waals surface area contributed by atoms with Gasteiger partial charge in [0.15, 0.2) is 0 Å². The van der Waals surface area contributed by atoms with Gasteiger partial charge in [-0.3, -0.25) is 9.59 Å². The summed E-state index contributed by atoms with van der Waals surface area (Å²) in [6.07, 6.45) is 0.827. The normalized spacial score (nSPS) is 19.3. The number of alkyl halides is 2. The second-order valence-electron chi connectivity index (χ2n) is 5.17. The highest BCUT2D eigenvalue weighted by molar-refractivity contribution is 6.52. The van der Waals surface area contributed by atoms with Crippen LogP contribution < -0.4 is 5.32 Å². The highest BCUT2D eigenvalue weighted by atomic mass is 35.5. The van der Waals surface area contributed by atoms with Gasteiger partial charge in [0.1, 0.15) is 4.33 Å². The van der Waals surface area contributed by atoms with Crippen LogP contribution in [0.5, 0.6) is 0 Å². The van der Waals surface area contributed by atoms with Crippen LogP contribution in [-0.4, -0.2) is 35.1 Å². The number of hydrogen-bond acceptors (Lipinski definition) is 2. The average Bonchev–Trinajstić information content (AvgIpc) is 3.01. The summed E-state index contributed by atoms with van der Waals surface area (Å²) in [5.41, 5.74) is 1.57. The van der Waals surface area contributed by atoms with E-state index in [0.29, 0.717) is 18.5 Å². The quantitative estimate of drug-likeness (QED) is 0.868. The van der Waals surface area contributed by atoms with E-state index in [0.717, 1.165) is 5.56 Å². The van der Waals surface area contributed by atoms with Crippen molar-refractivity contribution in [2.75, 3.05) is 19.4 Å². The Labute approximate surface area is 128 Å². The predicted octanol–water partition coefficient (Wildman–Crippen LogP) is 2.45. The maximum atomic E-state index is 11.8. The molecule has 2 rings (SSSR count). The van der Waals surface area contributed by atoms with E-state index in [1.54, 1.807) is 31.1 Å².